The monoisotopic (exact) mass is 359 g/mol. The molecule has 8 heteroatoms. The Bertz CT molecular complexity index is 880. The number of H-pyrrole nitrogens is 1. The molecule has 2 atom stereocenters. The number of imidazole rings is 1. The van der Waals surface area contributed by atoms with Crippen LogP contribution in [0.3, 0.4) is 0 Å². The Balaban J connectivity index is 1.54. The summed E-state index contributed by atoms with van der Waals surface area (Å²) in [4.78, 5) is 9.77. The first-order valence-electron chi connectivity index (χ1n) is 8.40. The molecule has 1 saturated heterocycles. The summed E-state index contributed by atoms with van der Waals surface area (Å²) in [7, 11) is 1.71. The predicted octanol–water partition coefficient (Wildman–Crippen LogP) is 2.84. The topological polar surface area (TPSA) is 59.0 Å². The van der Waals surface area contributed by atoms with E-state index in [0.29, 0.717) is 6.54 Å². The number of nitrogens with one attached hydrogen (secondary N) is 1. The molecule has 2 aromatic heterocycles. The second-order valence-electron chi connectivity index (χ2n) is 6.36. The third kappa shape index (κ3) is 3.25. The number of hydrogen-bond acceptors (Lipinski definition) is 4. The van der Waals surface area contributed by atoms with Crippen molar-refractivity contribution in [2.75, 3.05) is 13.7 Å². The van der Waals surface area contributed by atoms with Crippen LogP contribution in [-0.4, -0.2) is 44.4 Å². The zero-order valence-electron chi connectivity index (χ0n) is 14.3. The van der Waals surface area contributed by atoms with Gasteiger partial charge in [0.1, 0.15) is 17.3 Å². The lowest BCUT2D eigenvalue weighted by Crippen LogP contribution is -2.25. The molecule has 1 unspecified atom stereocenters. The van der Waals surface area contributed by atoms with Gasteiger partial charge in [-0.15, -0.1) is 0 Å². The van der Waals surface area contributed by atoms with Crippen LogP contribution in [0, 0.1) is 11.6 Å². The van der Waals surface area contributed by atoms with Gasteiger partial charge in [0.15, 0.2) is 5.82 Å². The maximum Gasteiger partial charge on any atom is 0.151 e. The van der Waals surface area contributed by atoms with Crippen LogP contribution in [0.25, 0.3) is 5.69 Å². The number of rotatable bonds is 5. The molecule has 26 heavy (non-hydrogen) atoms. The Hall–Kier alpha value is -2.58. The summed E-state index contributed by atoms with van der Waals surface area (Å²) in [6.45, 7) is 1.35. The molecule has 4 rings (SSSR count). The van der Waals surface area contributed by atoms with Crippen molar-refractivity contribution in [1.29, 1.82) is 0 Å². The van der Waals surface area contributed by atoms with Gasteiger partial charge in [0, 0.05) is 44.9 Å². The summed E-state index contributed by atoms with van der Waals surface area (Å²) in [5.41, 5.74) is 1.01. The van der Waals surface area contributed by atoms with Crippen molar-refractivity contribution in [3.63, 3.8) is 0 Å². The Morgan fingerprint density at radius 1 is 1.31 bits per heavy atom. The predicted molar refractivity (Wildman–Crippen MR) is 90.6 cm³/mol. The molecule has 3 aromatic rings. The zero-order chi connectivity index (χ0) is 18.1. The molecule has 0 saturated carbocycles. The third-order valence-electron chi connectivity index (χ3n) is 4.70. The van der Waals surface area contributed by atoms with Crippen molar-refractivity contribution in [1.82, 2.24) is 24.6 Å². The number of likely N-dealkylation sites (tertiary alicyclic amines) is 1. The number of hydrogen-bond donors (Lipinski definition) is 1. The second kappa shape index (κ2) is 6.97. The van der Waals surface area contributed by atoms with Crippen molar-refractivity contribution >= 4 is 0 Å². The van der Waals surface area contributed by atoms with Crippen LogP contribution in [0.15, 0.2) is 42.9 Å². The highest BCUT2D eigenvalue weighted by atomic mass is 19.1. The molecule has 0 aliphatic carbocycles. The van der Waals surface area contributed by atoms with E-state index >= 15 is 0 Å². The fourth-order valence-electron chi connectivity index (χ4n) is 3.41. The van der Waals surface area contributed by atoms with Gasteiger partial charge in [0.05, 0.1) is 17.8 Å². The lowest BCUT2D eigenvalue weighted by atomic mass is 10.2. The molecule has 136 valence electrons. The van der Waals surface area contributed by atoms with Crippen molar-refractivity contribution < 1.29 is 13.5 Å². The lowest BCUT2D eigenvalue weighted by Gasteiger charge is -2.21. The number of halogens is 2. The zero-order valence-corrected chi connectivity index (χ0v) is 14.3. The summed E-state index contributed by atoms with van der Waals surface area (Å²) in [6.07, 6.45) is 6.19. The normalized spacial score (nSPS) is 20.7. The van der Waals surface area contributed by atoms with Gasteiger partial charge in [-0.1, -0.05) is 0 Å². The summed E-state index contributed by atoms with van der Waals surface area (Å²) in [5.74, 6) is -0.357. The highest BCUT2D eigenvalue weighted by Gasteiger charge is 2.35. The first kappa shape index (κ1) is 16.9. The molecule has 1 N–H and O–H groups in total. The standard InChI is InChI=1S/C18H19F2N5O/c1-26-14-9-17(18-21-5-6-22-18)24(11-14)10-13-4-7-25(23-13)16-3-2-12(19)8-15(16)20/h2-8,14,17H,9-11H2,1H3,(H,21,22)/t14-,17?/m1/s1. The summed E-state index contributed by atoms with van der Waals surface area (Å²) < 4.78 is 34.0. The van der Waals surface area contributed by atoms with Gasteiger partial charge in [0.25, 0.3) is 0 Å². The molecule has 1 fully saturated rings. The number of aromatic nitrogens is 4. The molecule has 0 radical (unpaired) electrons. The Morgan fingerprint density at radius 3 is 2.92 bits per heavy atom. The maximum atomic E-state index is 14.0. The number of methoxy groups -OCH3 is 1. The van der Waals surface area contributed by atoms with Crippen LogP contribution in [0.2, 0.25) is 0 Å². The third-order valence-corrected chi connectivity index (χ3v) is 4.70. The molecule has 1 aliphatic heterocycles. The molecule has 6 nitrogen and oxygen atoms in total. The summed E-state index contributed by atoms with van der Waals surface area (Å²) in [5, 5.41) is 4.44. The number of nitrogens with zero attached hydrogens (tertiary/aromatic N) is 4. The SMILES string of the molecule is CO[C@@H]1CC(c2ncc[nH]2)N(Cc2ccn(-c3ccc(F)cc3F)n2)C1. The molecule has 0 amide bonds. The van der Waals surface area contributed by atoms with Crippen molar-refractivity contribution in [2.45, 2.75) is 25.1 Å². The largest absolute Gasteiger partial charge is 0.380 e. The number of ether oxygens (including phenoxy) is 1. The second-order valence-corrected chi connectivity index (χ2v) is 6.36. The van der Waals surface area contributed by atoms with E-state index in [0.717, 1.165) is 30.6 Å². The van der Waals surface area contributed by atoms with Gasteiger partial charge in [0.2, 0.25) is 0 Å². The fraction of sp³-hybridized carbons (Fsp3) is 0.333. The van der Waals surface area contributed by atoms with E-state index in [4.69, 9.17) is 4.74 Å². The highest BCUT2D eigenvalue weighted by molar-refractivity contribution is 5.33. The van der Waals surface area contributed by atoms with Crippen molar-refractivity contribution in [3.05, 3.63) is 66.0 Å². The fourth-order valence-corrected chi connectivity index (χ4v) is 3.41. The smallest absolute Gasteiger partial charge is 0.151 e. The van der Waals surface area contributed by atoms with E-state index in [-0.39, 0.29) is 17.8 Å². The molecule has 1 aliphatic rings. The van der Waals surface area contributed by atoms with Gasteiger partial charge < -0.3 is 9.72 Å². The van der Waals surface area contributed by atoms with Crippen LogP contribution in [0.1, 0.15) is 24.0 Å². The number of benzene rings is 1. The quantitative estimate of drug-likeness (QED) is 0.761. The van der Waals surface area contributed by atoms with E-state index in [9.17, 15) is 8.78 Å². The Labute approximate surface area is 149 Å². The summed E-state index contributed by atoms with van der Waals surface area (Å²) >= 11 is 0. The van der Waals surface area contributed by atoms with Gasteiger partial charge in [-0.2, -0.15) is 5.10 Å². The van der Waals surface area contributed by atoms with Crippen LogP contribution in [0.5, 0.6) is 0 Å². The lowest BCUT2D eigenvalue weighted by molar-refractivity contribution is 0.107. The van der Waals surface area contributed by atoms with E-state index in [1.54, 1.807) is 25.7 Å². The molecule has 0 bridgehead atoms. The van der Waals surface area contributed by atoms with Crippen LogP contribution < -0.4 is 0 Å². The van der Waals surface area contributed by atoms with Crippen LogP contribution in [-0.2, 0) is 11.3 Å². The maximum absolute atomic E-state index is 14.0. The Kier molecular flexibility index (Phi) is 4.52. The minimum Gasteiger partial charge on any atom is -0.380 e. The number of aromatic amines is 1. The van der Waals surface area contributed by atoms with E-state index in [1.165, 1.54) is 16.8 Å². The molecule has 1 aromatic carbocycles. The van der Waals surface area contributed by atoms with E-state index in [2.05, 4.69) is 20.0 Å². The average molecular weight is 359 g/mol. The van der Waals surface area contributed by atoms with Crippen LogP contribution >= 0.6 is 0 Å². The highest BCUT2D eigenvalue weighted by Crippen LogP contribution is 2.32. The Morgan fingerprint density at radius 2 is 2.19 bits per heavy atom. The summed E-state index contributed by atoms with van der Waals surface area (Å²) in [6, 6.07) is 5.40. The first-order valence-corrected chi connectivity index (χ1v) is 8.40. The van der Waals surface area contributed by atoms with Gasteiger partial charge >= 0.3 is 0 Å². The van der Waals surface area contributed by atoms with Crippen molar-refractivity contribution in [3.8, 4) is 5.69 Å². The minimum absolute atomic E-state index is 0.114. The van der Waals surface area contributed by atoms with Gasteiger partial charge in [-0.05, 0) is 24.6 Å². The molecule has 3 heterocycles. The van der Waals surface area contributed by atoms with E-state index in [1.807, 2.05) is 6.07 Å². The molecular formula is C18H19F2N5O. The molecule has 0 spiro atoms. The first-order chi connectivity index (χ1) is 12.6. The van der Waals surface area contributed by atoms with Gasteiger partial charge in [-0.25, -0.2) is 18.4 Å². The van der Waals surface area contributed by atoms with E-state index < -0.39 is 11.6 Å². The van der Waals surface area contributed by atoms with Gasteiger partial charge in [-0.3, -0.25) is 4.90 Å². The van der Waals surface area contributed by atoms with Crippen LogP contribution in [0.4, 0.5) is 8.78 Å². The minimum atomic E-state index is -0.645. The van der Waals surface area contributed by atoms with Crippen molar-refractivity contribution in [2.24, 2.45) is 0 Å². The molecular weight excluding hydrogens is 340 g/mol. The average Bonchev–Trinajstić information content (AvgIpc) is 3.35.